The number of nitrogens with zero attached hydrogens (tertiary/aromatic N) is 1. The highest BCUT2D eigenvalue weighted by Gasteiger charge is 2.24. The molecule has 0 amide bonds. The summed E-state index contributed by atoms with van der Waals surface area (Å²) in [6.45, 7) is 0.439. The first kappa shape index (κ1) is 18.5. The van der Waals surface area contributed by atoms with Gasteiger partial charge < -0.3 is 14.2 Å². The summed E-state index contributed by atoms with van der Waals surface area (Å²) in [5.74, 6) is 1.03. The molecule has 0 unspecified atom stereocenters. The summed E-state index contributed by atoms with van der Waals surface area (Å²) in [6, 6.07) is 24.7. The predicted octanol–water partition coefficient (Wildman–Crippen LogP) is 4.62. The third kappa shape index (κ3) is 4.35. The van der Waals surface area contributed by atoms with E-state index in [9.17, 15) is 4.79 Å². The van der Waals surface area contributed by atoms with Crippen molar-refractivity contribution < 1.29 is 19.0 Å². The Hall–Kier alpha value is -3.86. The van der Waals surface area contributed by atoms with Gasteiger partial charge in [-0.1, -0.05) is 54.6 Å². The van der Waals surface area contributed by atoms with Gasteiger partial charge in [-0.3, -0.25) is 0 Å². The van der Waals surface area contributed by atoms with Crippen LogP contribution in [0.1, 0.15) is 16.7 Å². The number of esters is 1. The zero-order valence-corrected chi connectivity index (χ0v) is 15.9. The highest BCUT2D eigenvalue weighted by molar-refractivity contribution is 6.12. The van der Waals surface area contributed by atoms with Crippen molar-refractivity contribution in [2.24, 2.45) is 4.99 Å². The highest BCUT2D eigenvalue weighted by Crippen LogP contribution is 2.30. The maximum Gasteiger partial charge on any atom is 0.363 e. The fourth-order valence-corrected chi connectivity index (χ4v) is 2.90. The van der Waals surface area contributed by atoms with E-state index in [4.69, 9.17) is 14.2 Å². The molecule has 5 nitrogen and oxygen atoms in total. The lowest BCUT2D eigenvalue weighted by Crippen LogP contribution is -2.04. The first-order valence-electron chi connectivity index (χ1n) is 9.16. The summed E-state index contributed by atoms with van der Waals surface area (Å²) in [7, 11) is 1.58. The number of ether oxygens (including phenoxy) is 3. The Morgan fingerprint density at radius 3 is 2.38 bits per heavy atom. The van der Waals surface area contributed by atoms with Gasteiger partial charge in [0.1, 0.15) is 6.61 Å². The molecule has 0 saturated heterocycles. The van der Waals surface area contributed by atoms with Gasteiger partial charge in [0.05, 0.1) is 7.11 Å². The summed E-state index contributed by atoms with van der Waals surface area (Å²) in [4.78, 5) is 16.5. The summed E-state index contributed by atoms with van der Waals surface area (Å²) < 4.78 is 16.6. The van der Waals surface area contributed by atoms with Crippen molar-refractivity contribution in [1.29, 1.82) is 0 Å². The van der Waals surface area contributed by atoms with Crippen LogP contribution >= 0.6 is 0 Å². The van der Waals surface area contributed by atoms with E-state index in [1.54, 1.807) is 19.3 Å². The van der Waals surface area contributed by atoms with E-state index in [0.717, 1.165) is 16.7 Å². The minimum Gasteiger partial charge on any atom is -0.493 e. The van der Waals surface area contributed by atoms with Gasteiger partial charge in [-0.25, -0.2) is 9.79 Å². The summed E-state index contributed by atoms with van der Waals surface area (Å²) in [5, 5.41) is 0. The van der Waals surface area contributed by atoms with Crippen molar-refractivity contribution in [3.63, 3.8) is 0 Å². The molecule has 0 radical (unpaired) electrons. The van der Waals surface area contributed by atoms with Crippen LogP contribution in [-0.4, -0.2) is 19.0 Å². The SMILES string of the molecule is COc1cc(/C=C2/N=C(c3ccccc3)OC2=O)ccc1OCc1ccccc1. The first-order valence-corrected chi connectivity index (χ1v) is 9.16. The van der Waals surface area contributed by atoms with E-state index < -0.39 is 5.97 Å². The van der Waals surface area contributed by atoms with Crippen LogP contribution in [0.4, 0.5) is 0 Å². The molecule has 0 bridgehead atoms. The molecule has 0 saturated carbocycles. The van der Waals surface area contributed by atoms with E-state index >= 15 is 0 Å². The Bertz CT molecular complexity index is 1070. The number of hydrogen-bond acceptors (Lipinski definition) is 5. The van der Waals surface area contributed by atoms with Crippen LogP contribution in [0.3, 0.4) is 0 Å². The maximum absolute atomic E-state index is 12.2. The zero-order valence-electron chi connectivity index (χ0n) is 15.9. The standard InChI is InChI=1S/C24H19NO4/c1-27-22-15-18(12-13-21(22)28-16-17-8-4-2-5-9-17)14-20-24(26)29-23(25-20)19-10-6-3-7-11-19/h2-15H,16H2,1H3/b20-14+. The second-order valence-electron chi connectivity index (χ2n) is 6.39. The van der Waals surface area contributed by atoms with Crippen LogP contribution in [0.2, 0.25) is 0 Å². The quantitative estimate of drug-likeness (QED) is 0.459. The molecular weight excluding hydrogens is 366 g/mol. The number of carbonyl (C=O) groups excluding carboxylic acids is 1. The van der Waals surface area contributed by atoms with E-state index in [2.05, 4.69) is 4.99 Å². The van der Waals surface area contributed by atoms with Crippen molar-refractivity contribution in [3.05, 3.63) is 101 Å². The van der Waals surface area contributed by atoms with Crippen molar-refractivity contribution in [2.45, 2.75) is 6.61 Å². The maximum atomic E-state index is 12.2. The van der Waals surface area contributed by atoms with Crippen LogP contribution in [0.25, 0.3) is 6.08 Å². The number of rotatable bonds is 6. The molecule has 0 atom stereocenters. The normalized spacial score (nSPS) is 14.4. The first-order chi connectivity index (χ1) is 14.2. The van der Waals surface area contributed by atoms with Crippen molar-refractivity contribution in [2.75, 3.05) is 7.11 Å². The number of hydrogen-bond donors (Lipinski definition) is 0. The molecule has 0 N–H and O–H groups in total. The van der Waals surface area contributed by atoms with Crippen molar-refractivity contribution in [1.82, 2.24) is 0 Å². The molecule has 144 valence electrons. The molecule has 5 heteroatoms. The molecule has 0 fully saturated rings. The Morgan fingerprint density at radius 1 is 0.931 bits per heavy atom. The van der Waals surface area contributed by atoms with Gasteiger partial charge in [-0.15, -0.1) is 0 Å². The highest BCUT2D eigenvalue weighted by atomic mass is 16.6. The van der Waals surface area contributed by atoms with Crippen LogP contribution in [0.15, 0.2) is 89.6 Å². The lowest BCUT2D eigenvalue weighted by molar-refractivity contribution is -0.129. The Balaban J connectivity index is 1.54. The van der Waals surface area contributed by atoms with Gasteiger partial charge in [0.15, 0.2) is 17.2 Å². The van der Waals surface area contributed by atoms with Crippen LogP contribution in [-0.2, 0) is 16.1 Å². The molecule has 29 heavy (non-hydrogen) atoms. The summed E-state index contributed by atoms with van der Waals surface area (Å²) >= 11 is 0. The Labute approximate surface area is 168 Å². The summed E-state index contributed by atoms with van der Waals surface area (Å²) in [5.41, 5.74) is 2.83. The van der Waals surface area contributed by atoms with Gasteiger partial charge in [0, 0.05) is 5.56 Å². The number of carbonyl (C=O) groups is 1. The molecule has 1 aliphatic heterocycles. The van der Waals surface area contributed by atoms with E-state index in [1.807, 2.05) is 72.8 Å². The van der Waals surface area contributed by atoms with Gasteiger partial charge >= 0.3 is 5.97 Å². The predicted molar refractivity (Wildman–Crippen MR) is 111 cm³/mol. The number of cyclic esters (lactones) is 1. The third-order valence-electron chi connectivity index (χ3n) is 4.37. The molecule has 1 aliphatic rings. The van der Waals surface area contributed by atoms with Gasteiger partial charge in [-0.2, -0.15) is 0 Å². The Kier molecular flexibility index (Phi) is 5.38. The van der Waals surface area contributed by atoms with E-state index in [1.165, 1.54) is 0 Å². The molecule has 4 rings (SSSR count). The third-order valence-corrected chi connectivity index (χ3v) is 4.37. The molecule has 0 aromatic heterocycles. The second kappa shape index (κ2) is 8.44. The minimum absolute atomic E-state index is 0.240. The van der Waals surface area contributed by atoms with Crippen LogP contribution < -0.4 is 9.47 Å². The van der Waals surface area contributed by atoms with Crippen molar-refractivity contribution >= 4 is 17.9 Å². The molecule has 3 aromatic rings. The number of aliphatic imine (C=N–C) groups is 1. The zero-order chi connectivity index (χ0) is 20.1. The van der Waals surface area contributed by atoms with Crippen LogP contribution in [0.5, 0.6) is 11.5 Å². The van der Waals surface area contributed by atoms with E-state index in [-0.39, 0.29) is 5.70 Å². The lowest BCUT2D eigenvalue weighted by atomic mass is 10.1. The average Bonchev–Trinajstić information content (AvgIpc) is 3.14. The van der Waals surface area contributed by atoms with Gasteiger partial charge in [0.2, 0.25) is 5.90 Å². The fraction of sp³-hybridized carbons (Fsp3) is 0.0833. The van der Waals surface area contributed by atoms with E-state index in [0.29, 0.717) is 24.0 Å². The summed E-state index contributed by atoms with van der Waals surface area (Å²) in [6.07, 6.45) is 1.67. The molecule has 3 aromatic carbocycles. The number of benzene rings is 3. The average molecular weight is 385 g/mol. The number of methoxy groups -OCH3 is 1. The molecule has 0 aliphatic carbocycles. The smallest absolute Gasteiger partial charge is 0.363 e. The molecule has 1 heterocycles. The van der Waals surface area contributed by atoms with Gasteiger partial charge in [-0.05, 0) is 41.5 Å². The Morgan fingerprint density at radius 2 is 1.66 bits per heavy atom. The lowest BCUT2D eigenvalue weighted by Gasteiger charge is -2.11. The minimum atomic E-state index is -0.479. The second-order valence-corrected chi connectivity index (χ2v) is 6.39. The fourth-order valence-electron chi connectivity index (χ4n) is 2.90. The van der Waals surface area contributed by atoms with Crippen molar-refractivity contribution in [3.8, 4) is 11.5 Å². The topological polar surface area (TPSA) is 57.1 Å². The monoisotopic (exact) mass is 385 g/mol. The molecular formula is C24H19NO4. The largest absolute Gasteiger partial charge is 0.493 e. The van der Waals surface area contributed by atoms with Crippen LogP contribution in [0, 0.1) is 0 Å². The van der Waals surface area contributed by atoms with Gasteiger partial charge in [0.25, 0.3) is 0 Å². The molecule has 0 spiro atoms.